The number of nitrogens with one attached hydrogen (secondary N) is 1. The highest BCUT2D eigenvalue weighted by Crippen LogP contribution is 2.44. The molecule has 2 saturated carbocycles. The first kappa shape index (κ1) is 12.2. The standard InChI is InChI=1S/C13H14Cl2N2O/c14-9-3-4-11(15)17-12(9)13(18)16-10-6-7-1-2-8(10)5-7/h3-4,7-8,10H,1-2,5-6H2,(H,16,18). The third-order valence-corrected chi connectivity index (χ3v) is 4.60. The van der Waals surface area contributed by atoms with Gasteiger partial charge in [-0.15, -0.1) is 0 Å². The van der Waals surface area contributed by atoms with Crippen molar-refractivity contribution in [1.29, 1.82) is 0 Å². The average molecular weight is 285 g/mol. The fraction of sp³-hybridized carbons (Fsp3) is 0.538. The quantitative estimate of drug-likeness (QED) is 0.847. The predicted molar refractivity (Wildman–Crippen MR) is 71.0 cm³/mol. The topological polar surface area (TPSA) is 42.0 Å². The molecular weight excluding hydrogens is 271 g/mol. The maximum Gasteiger partial charge on any atom is 0.271 e. The molecular formula is C13H14Cl2N2O. The van der Waals surface area contributed by atoms with E-state index >= 15 is 0 Å². The largest absolute Gasteiger partial charge is 0.348 e. The van der Waals surface area contributed by atoms with Crippen molar-refractivity contribution in [3.63, 3.8) is 0 Å². The Kier molecular flexibility index (Phi) is 3.20. The van der Waals surface area contributed by atoms with Crippen molar-refractivity contribution in [3.05, 3.63) is 28.0 Å². The van der Waals surface area contributed by atoms with Gasteiger partial charge in [-0.1, -0.05) is 29.6 Å². The van der Waals surface area contributed by atoms with Crippen molar-refractivity contribution >= 4 is 29.1 Å². The molecule has 1 aromatic heterocycles. The van der Waals surface area contributed by atoms with Crippen molar-refractivity contribution < 1.29 is 4.79 Å². The number of hydrogen-bond acceptors (Lipinski definition) is 2. The zero-order valence-corrected chi connectivity index (χ0v) is 11.3. The number of carbonyl (C=O) groups excluding carboxylic acids is 1. The highest BCUT2D eigenvalue weighted by atomic mass is 35.5. The van der Waals surface area contributed by atoms with Gasteiger partial charge in [-0.2, -0.15) is 0 Å². The number of pyridine rings is 1. The first-order chi connectivity index (χ1) is 8.63. The number of hydrogen-bond donors (Lipinski definition) is 1. The van der Waals surface area contributed by atoms with Crippen molar-refractivity contribution in [1.82, 2.24) is 10.3 Å². The summed E-state index contributed by atoms with van der Waals surface area (Å²) in [7, 11) is 0. The zero-order chi connectivity index (χ0) is 12.7. The van der Waals surface area contributed by atoms with Gasteiger partial charge >= 0.3 is 0 Å². The summed E-state index contributed by atoms with van der Waals surface area (Å²) in [4.78, 5) is 16.1. The molecule has 2 aliphatic rings. The van der Waals surface area contributed by atoms with Crippen LogP contribution in [0.5, 0.6) is 0 Å². The van der Waals surface area contributed by atoms with E-state index in [1.54, 1.807) is 12.1 Å². The van der Waals surface area contributed by atoms with Gasteiger partial charge in [0, 0.05) is 6.04 Å². The average Bonchev–Trinajstić information content (AvgIpc) is 2.94. The minimum absolute atomic E-state index is 0.208. The van der Waals surface area contributed by atoms with Gasteiger partial charge in [0.05, 0.1) is 5.02 Å². The van der Waals surface area contributed by atoms with Crippen LogP contribution in [0.15, 0.2) is 12.1 Å². The van der Waals surface area contributed by atoms with E-state index in [9.17, 15) is 4.79 Å². The fourth-order valence-corrected chi connectivity index (χ4v) is 3.57. The summed E-state index contributed by atoms with van der Waals surface area (Å²) in [5, 5.41) is 3.69. The Morgan fingerprint density at radius 1 is 1.28 bits per heavy atom. The van der Waals surface area contributed by atoms with Crippen LogP contribution in [0.3, 0.4) is 0 Å². The molecule has 1 heterocycles. The number of carbonyl (C=O) groups is 1. The summed E-state index contributed by atoms with van der Waals surface area (Å²) in [5.74, 6) is 1.22. The molecule has 96 valence electrons. The Morgan fingerprint density at radius 2 is 2.11 bits per heavy atom. The van der Waals surface area contributed by atoms with Crippen LogP contribution in [-0.4, -0.2) is 16.9 Å². The lowest BCUT2D eigenvalue weighted by molar-refractivity contribution is 0.0918. The fourth-order valence-electron chi connectivity index (χ4n) is 3.24. The van der Waals surface area contributed by atoms with Gasteiger partial charge < -0.3 is 5.32 Å². The van der Waals surface area contributed by atoms with E-state index in [0.717, 1.165) is 12.3 Å². The van der Waals surface area contributed by atoms with Gasteiger partial charge in [0.25, 0.3) is 5.91 Å². The van der Waals surface area contributed by atoms with Crippen LogP contribution in [0, 0.1) is 11.8 Å². The Hall–Kier alpha value is -0.800. The molecule has 0 saturated heterocycles. The Balaban J connectivity index is 1.73. The molecule has 18 heavy (non-hydrogen) atoms. The Labute approximate surface area is 116 Å². The third kappa shape index (κ3) is 2.21. The van der Waals surface area contributed by atoms with Crippen LogP contribution in [0.25, 0.3) is 0 Å². The van der Waals surface area contributed by atoms with Crippen molar-refractivity contribution in [3.8, 4) is 0 Å². The number of nitrogens with zero attached hydrogens (tertiary/aromatic N) is 1. The monoisotopic (exact) mass is 284 g/mol. The summed E-state index contributed by atoms with van der Waals surface area (Å²) in [6.45, 7) is 0. The molecule has 1 amide bonds. The van der Waals surface area contributed by atoms with Crippen molar-refractivity contribution in [2.24, 2.45) is 11.8 Å². The maximum atomic E-state index is 12.1. The smallest absolute Gasteiger partial charge is 0.271 e. The number of aromatic nitrogens is 1. The number of rotatable bonds is 2. The van der Waals surface area contributed by atoms with Crippen molar-refractivity contribution in [2.75, 3.05) is 0 Å². The molecule has 2 aliphatic carbocycles. The molecule has 3 nitrogen and oxygen atoms in total. The molecule has 0 aromatic carbocycles. The predicted octanol–water partition coefficient (Wildman–Crippen LogP) is 3.31. The van der Waals surface area contributed by atoms with E-state index in [1.807, 2.05) is 0 Å². The second-order valence-electron chi connectivity index (χ2n) is 5.22. The van der Waals surface area contributed by atoms with Crippen LogP contribution < -0.4 is 5.32 Å². The lowest BCUT2D eigenvalue weighted by Crippen LogP contribution is -2.39. The van der Waals surface area contributed by atoms with Crippen LogP contribution in [0.2, 0.25) is 10.2 Å². The minimum atomic E-state index is -0.208. The van der Waals surface area contributed by atoms with Gasteiger partial charge in [-0.05, 0) is 43.2 Å². The molecule has 2 bridgehead atoms. The lowest BCUT2D eigenvalue weighted by Gasteiger charge is -2.22. The van der Waals surface area contributed by atoms with E-state index in [2.05, 4.69) is 10.3 Å². The van der Waals surface area contributed by atoms with Gasteiger partial charge in [-0.3, -0.25) is 4.79 Å². The van der Waals surface area contributed by atoms with Crippen LogP contribution in [0.4, 0.5) is 0 Å². The van der Waals surface area contributed by atoms with Crippen LogP contribution in [-0.2, 0) is 0 Å². The minimum Gasteiger partial charge on any atom is -0.348 e. The first-order valence-electron chi connectivity index (χ1n) is 6.26. The molecule has 3 unspecified atom stereocenters. The Morgan fingerprint density at radius 3 is 2.78 bits per heavy atom. The SMILES string of the molecule is O=C(NC1CC2CCC1C2)c1nc(Cl)ccc1Cl. The van der Waals surface area contributed by atoms with Gasteiger partial charge in [-0.25, -0.2) is 4.98 Å². The lowest BCUT2D eigenvalue weighted by atomic mass is 9.95. The second kappa shape index (κ2) is 4.71. The summed E-state index contributed by atoms with van der Waals surface area (Å²) >= 11 is 11.8. The molecule has 1 aromatic rings. The molecule has 0 spiro atoms. The molecule has 3 rings (SSSR count). The zero-order valence-electron chi connectivity index (χ0n) is 9.83. The van der Waals surface area contributed by atoms with Gasteiger partial charge in [0.1, 0.15) is 10.8 Å². The molecule has 1 N–H and O–H groups in total. The molecule has 0 aliphatic heterocycles. The van der Waals surface area contributed by atoms with E-state index in [4.69, 9.17) is 23.2 Å². The summed E-state index contributed by atoms with van der Waals surface area (Å²) in [6.07, 6.45) is 4.88. The van der Waals surface area contributed by atoms with E-state index in [-0.39, 0.29) is 22.8 Å². The molecule has 5 heteroatoms. The Bertz CT molecular complexity index is 492. The third-order valence-electron chi connectivity index (χ3n) is 4.08. The van der Waals surface area contributed by atoms with Gasteiger partial charge in [0.15, 0.2) is 0 Å². The number of fused-ring (bicyclic) bond motifs is 2. The van der Waals surface area contributed by atoms with Crippen molar-refractivity contribution in [2.45, 2.75) is 31.7 Å². The summed E-state index contributed by atoms with van der Waals surface area (Å²) < 4.78 is 0. The normalized spacial score (nSPS) is 29.6. The molecule has 3 atom stereocenters. The maximum absolute atomic E-state index is 12.1. The van der Waals surface area contributed by atoms with Crippen LogP contribution in [0.1, 0.15) is 36.2 Å². The summed E-state index contributed by atoms with van der Waals surface area (Å²) in [5.41, 5.74) is 0.229. The second-order valence-corrected chi connectivity index (χ2v) is 6.01. The number of halogens is 2. The van der Waals surface area contributed by atoms with Crippen LogP contribution >= 0.6 is 23.2 Å². The highest BCUT2D eigenvalue weighted by molar-refractivity contribution is 6.34. The van der Waals surface area contributed by atoms with Gasteiger partial charge in [0.2, 0.25) is 0 Å². The molecule has 2 fully saturated rings. The highest BCUT2D eigenvalue weighted by Gasteiger charge is 2.40. The van der Waals surface area contributed by atoms with E-state index < -0.39 is 0 Å². The van der Waals surface area contributed by atoms with E-state index in [1.165, 1.54) is 19.3 Å². The first-order valence-corrected chi connectivity index (χ1v) is 7.02. The van der Waals surface area contributed by atoms with E-state index in [0.29, 0.717) is 10.9 Å². The molecule has 0 radical (unpaired) electrons. The number of amides is 1. The summed E-state index contributed by atoms with van der Waals surface area (Å²) in [6, 6.07) is 3.47.